The molecule has 33 heavy (non-hydrogen) atoms. The minimum atomic E-state index is 0. The predicted molar refractivity (Wildman–Crippen MR) is 136 cm³/mol. The van der Waals surface area contributed by atoms with E-state index in [4.69, 9.17) is 9.68 Å². The molecular formula is C31H25NO. The molecule has 0 radical (unpaired) electrons. The Morgan fingerprint density at radius 1 is 0.576 bits per heavy atom. The Morgan fingerprint density at radius 2 is 1.18 bits per heavy atom. The largest absolute Gasteiger partial charge is 0.455 e. The Morgan fingerprint density at radius 3 is 1.88 bits per heavy atom. The van der Waals surface area contributed by atoms with Gasteiger partial charge < -0.3 is 4.42 Å². The van der Waals surface area contributed by atoms with E-state index in [0.717, 1.165) is 50.5 Å². The highest BCUT2D eigenvalue weighted by molar-refractivity contribution is 5.88. The third kappa shape index (κ3) is 4.49. The van der Waals surface area contributed by atoms with Gasteiger partial charge in [0.1, 0.15) is 11.5 Å². The van der Waals surface area contributed by atoms with E-state index in [0.29, 0.717) is 6.42 Å². The van der Waals surface area contributed by atoms with Crippen molar-refractivity contribution in [3.63, 3.8) is 0 Å². The zero-order chi connectivity index (χ0) is 21.8. The molecule has 0 N–H and O–H groups in total. The number of nitrogens with zero attached hydrogens (tertiary/aromatic N) is 1. The van der Waals surface area contributed by atoms with E-state index in [9.17, 15) is 0 Å². The average Bonchev–Trinajstić information content (AvgIpc) is 3.31. The van der Waals surface area contributed by atoms with E-state index < -0.39 is 0 Å². The number of benzene rings is 4. The standard InChI is InChI=1S/C30H21NO.CH4/c31-19-18-22-10-9-15-25(20-22)26-16-7-8-17-27(26)29-21-28(23-11-3-1-4-12-23)30(32-29)24-13-5-2-6-14-24;/h1-17,20-21H,18H2;1H4. The zero-order valence-corrected chi connectivity index (χ0v) is 17.5. The second-order valence-electron chi connectivity index (χ2n) is 7.67. The number of furan rings is 1. The summed E-state index contributed by atoms with van der Waals surface area (Å²) in [5, 5.41) is 9.10. The Labute approximate surface area is 195 Å². The summed E-state index contributed by atoms with van der Waals surface area (Å²) in [6.07, 6.45) is 0.396. The summed E-state index contributed by atoms with van der Waals surface area (Å²) in [7, 11) is 0. The van der Waals surface area contributed by atoms with Gasteiger partial charge in [0.15, 0.2) is 0 Å². The summed E-state index contributed by atoms with van der Waals surface area (Å²) >= 11 is 0. The van der Waals surface area contributed by atoms with Crippen LogP contribution in [0.4, 0.5) is 0 Å². The first-order valence-electron chi connectivity index (χ1n) is 10.6. The van der Waals surface area contributed by atoms with Crippen LogP contribution < -0.4 is 0 Å². The number of nitriles is 1. The molecule has 0 atom stereocenters. The summed E-state index contributed by atoms with van der Waals surface area (Å²) in [6, 6.07) is 41.4. The fraction of sp³-hybridized carbons (Fsp3) is 0.0645. The quantitative estimate of drug-likeness (QED) is 0.281. The van der Waals surface area contributed by atoms with E-state index in [1.807, 2.05) is 60.7 Å². The van der Waals surface area contributed by atoms with Gasteiger partial charge in [0, 0.05) is 16.7 Å². The molecule has 1 aromatic heterocycles. The third-order valence-electron chi connectivity index (χ3n) is 5.57. The minimum absolute atomic E-state index is 0. The fourth-order valence-corrected chi connectivity index (χ4v) is 4.05. The van der Waals surface area contributed by atoms with Crippen molar-refractivity contribution in [3.8, 4) is 51.0 Å². The first-order valence-corrected chi connectivity index (χ1v) is 10.6. The average molecular weight is 428 g/mol. The van der Waals surface area contributed by atoms with E-state index in [1.54, 1.807) is 0 Å². The smallest absolute Gasteiger partial charge is 0.142 e. The Kier molecular flexibility index (Phi) is 6.53. The van der Waals surface area contributed by atoms with Gasteiger partial charge in [-0.2, -0.15) is 5.26 Å². The van der Waals surface area contributed by atoms with E-state index in [1.165, 1.54) is 0 Å². The van der Waals surface area contributed by atoms with Crippen LogP contribution in [0.3, 0.4) is 0 Å². The molecule has 0 aliphatic rings. The molecule has 0 spiro atoms. The lowest BCUT2D eigenvalue weighted by atomic mass is 9.95. The fourth-order valence-electron chi connectivity index (χ4n) is 4.05. The van der Waals surface area contributed by atoms with Crippen molar-refractivity contribution in [2.24, 2.45) is 0 Å². The zero-order valence-electron chi connectivity index (χ0n) is 17.5. The van der Waals surface area contributed by atoms with Crippen LogP contribution >= 0.6 is 0 Å². The van der Waals surface area contributed by atoms with Crippen molar-refractivity contribution < 1.29 is 4.42 Å². The summed E-state index contributed by atoms with van der Waals surface area (Å²) in [5.41, 5.74) is 7.43. The van der Waals surface area contributed by atoms with Crippen molar-refractivity contribution in [3.05, 3.63) is 121 Å². The second-order valence-corrected chi connectivity index (χ2v) is 7.67. The van der Waals surface area contributed by atoms with Crippen LogP contribution in [0.5, 0.6) is 0 Å². The van der Waals surface area contributed by atoms with Crippen LogP contribution in [0.25, 0.3) is 44.9 Å². The molecule has 0 fully saturated rings. The molecule has 5 rings (SSSR count). The number of hydrogen-bond donors (Lipinski definition) is 0. The summed E-state index contributed by atoms with van der Waals surface area (Å²) < 4.78 is 6.53. The number of hydrogen-bond acceptors (Lipinski definition) is 2. The highest BCUT2D eigenvalue weighted by Crippen LogP contribution is 2.41. The highest BCUT2D eigenvalue weighted by atomic mass is 16.3. The molecule has 2 heteroatoms. The van der Waals surface area contributed by atoms with Crippen LogP contribution in [0.2, 0.25) is 0 Å². The molecule has 4 aromatic carbocycles. The third-order valence-corrected chi connectivity index (χ3v) is 5.57. The minimum Gasteiger partial charge on any atom is -0.455 e. The van der Waals surface area contributed by atoms with Crippen molar-refractivity contribution in [1.29, 1.82) is 5.26 Å². The van der Waals surface area contributed by atoms with Gasteiger partial charge >= 0.3 is 0 Å². The summed E-state index contributed by atoms with van der Waals surface area (Å²) in [4.78, 5) is 0. The molecule has 2 nitrogen and oxygen atoms in total. The second kappa shape index (κ2) is 9.85. The molecule has 0 saturated heterocycles. The van der Waals surface area contributed by atoms with Crippen molar-refractivity contribution in [2.75, 3.05) is 0 Å². The Hall–Kier alpha value is -4.35. The van der Waals surface area contributed by atoms with E-state index >= 15 is 0 Å². The monoisotopic (exact) mass is 427 g/mol. The van der Waals surface area contributed by atoms with E-state index in [-0.39, 0.29) is 7.43 Å². The Balaban J connectivity index is 0.00000259. The predicted octanol–water partition coefficient (Wildman–Crippen LogP) is 8.65. The number of rotatable bonds is 5. The maximum Gasteiger partial charge on any atom is 0.142 e. The van der Waals surface area contributed by atoms with Crippen molar-refractivity contribution >= 4 is 0 Å². The van der Waals surface area contributed by atoms with Crippen molar-refractivity contribution in [2.45, 2.75) is 13.8 Å². The molecule has 160 valence electrons. The van der Waals surface area contributed by atoms with Gasteiger partial charge in [-0.3, -0.25) is 0 Å². The summed E-state index contributed by atoms with van der Waals surface area (Å²) in [6.45, 7) is 0. The van der Waals surface area contributed by atoms with Gasteiger partial charge in [-0.05, 0) is 28.3 Å². The molecule has 1 heterocycles. The topological polar surface area (TPSA) is 36.9 Å². The molecule has 0 aliphatic carbocycles. The van der Waals surface area contributed by atoms with Crippen LogP contribution in [-0.2, 0) is 6.42 Å². The van der Waals surface area contributed by atoms with Gasteiger partial charge in [-0.15, -0.1) is 0 Å². The van der Waals surface area contributed by atoms with Gasteiger partial charge in [0.05, 0.1) is 12.5 Å². The first kappa shape index (κ1) is 21.9. The lowest BCUT2D eigenvalue weighted by molar-refractivity contribution is 0.598. The van der Waals surface area contributed by atoms with Gasteiger partial charge in [0.25, 0.3) is 0 Å². The first-order chi connectivity index (χ1) is 15.8. The highest BCUT2D eigenvalue weighted by Gasteiger charge is 2.18. The molecule has 0 aliphatic heterocycles. The molecule has 0 bridgehead atoms. The van der Waals surface area contributed by atoms with Crippen LogP contribution in [-0.4, -0.2) is 0 Å². The van der Waals surface area contributed by atoms with Gasteiger partial charge in [-0.1, -0.05) is 117 Å². The molecule has 5 aromatic rings. The SMILES string of the molecule is C.N#CCc1cccc(-c2ccccc2-c2cc(-c3ccccc3)c(-c3ccccc3)o2)c1. The molecule has 0 amide bonds. The van der Waals surface area contributed by atoms with Crippen LogP contribution in [0, 0.1) is 11.3 Å². The van der Waals surface area contributed by atoms with E-state index in [2.05, 4.69) is 60.7 Å². The maximum absolute atomic E-state index is 9.10. The normalized spacial score (nSPS) is 10.3. The molecule has 0 unspecified atom stereocenters. The molecule has 0 saturated carbocycles. The lowest BCUT2D eigenvalue weighted by Crippen LogP contribution is -1.86. The van der Waals surface area contributed by atoms with Crippen molar-refractivity contribution in [1.82, 2.24) is 0 Å². The summed E-state index contributed by atoms with van der Waals surface area (Å²) in [5.74, 6) is 1.68. The molecular weight excluding hydrogens is 402 g/mol. The maximum atomic E-state index is 9.10. The van der Waals surface area contributed by atoms with Gasteiger partial charge in [0.2, 0.25) is 0 Å². The van der Waals surface area contributed by atoms with Gasteiger partial charge in [-0.25, -0.2) is 0 Å². The van der Waals surface area contributed by atoms with Crippen LogP contribution in [0.1, 0.15) is 13.0 Å². The lowest BCUT2D eigenvalue weighted by Gasteiger charge is -2.09. The van der Waals surface area contributed by atoms with Crippen LogP contribution in [0.15, 0.2) is 120 Å². The Bertz CT molecular complexity index is 1340.